The van der Waals surface area contributed by atoms with E-state index in [-0.39, 0.29) is 48.4 Å². The van der Waals surface area contributed by atoms with Gasteiger partial charge in [-0.2, -0.15) is 0 Å². The molecule has 7 nitrogen and oxygen atoms in total. The zero-order valence-corrected chi connectivity index (χ0v) is 17.3. The Kier molecular flexibility index (Phi) is 6.24. The van der Waals surface area contributed by atoms with E-state index >= 15 is 0 Å². The number of ether oxygens (including phenoxy) is 2. The molecule has 10 heteroatoms. The highest BCUT2D eigenvalue weighted by Gasteiger charge is 2.49. The van der Waals surface area contributed by atoms with Crippen molar-refractivity contribution in [1.29, 1.82) is 0 Å². The lowest BCUT2D eigenvalue weighted by Crippen LogP contribution is -2.70. The molecule has 0 bridgehead atoms. The van der Waals surface area contributed by atoms with Gasteiger partial charge in [0.05, 0.1) is 24.3 Å². The molecule has 3 aliphatic rings. The first-order valence-corrected chi connectivity index (χ1v) is 10.3. The molecule has 3 heterocycles. The van der Waals surface area contributed by atoms with E-state index in [1.54, 1.807) is 6.07 Å². The van der Waals surface area contributed by atoms with Crippen LogP contribution in [-0.4, -0.2) is 79.5 Å². The van der Waals surface area contributed by atoms with Crippen molar-refractivity contribution in [2.75, 3.05) is 33.4 Å². The number of methoxy groups -OCH3 is 1. The Morgan fingerprint density at radius 3 is 2.70 bits per heavy atom. The van der Waals surface area contributed by atoms with Crippen molar-refractivity contribution in [3.05, 3.63) is 34.6 Å². The molecule has 3 fully saturated rings. The van der Waals surface area contributed by atoms with Crippen molar-refractivity contribution in [1.82, 2.24) is 15.1 Å². The topological polar surface area (TPSA) is 71.1 Å². The third-order valence-electron chi connectivity index (χ3n) is 6.00. The summed E-state index contributed by atoms with van der Waals surface area (Å²) in [6, 6.07) is 3.51. The molecular weight excluding hydrogens is 420 g/mol. The van der Waals surface area contributed by atoms with E-state index in [1.165, 1.54) is 29.0 Å². The van der Waals surface area contributed by atoms with Gasteiger partial charge < -0.3 is 19.3 Å². The highest BCUT2D eigenvalue weighted by atomic mass is 35.5. The first-order chi connectivity index (χ1) is 14.4. The second-order valence-electron chi connectivity index (χ2n) is 7.94. The second-order valence-corrected chi connectivity index (χ2v) is 8.35. The average molecular weight is 444 g/mol. The Labute approximate surface area is 178 Å². The number of amides is 2. The van der Waals surface area contributed by atoms with E-state index in [9.17, 15) is 18.4 Å². The van der Waals surface area contributed by atoms with Gasteiger partial charge in [0.2, 0.25) is 11.8 Å². The maximum Gasteiger partial charge on any atom is 0.247 e. The number of piperazine rings is 1. The van der Waals surface area contributed by atoms with E-state index in [4.69, 9.17) is 21.1 Å². The molecule has 0 radical (unpaired) electrons. The lowest BCUT2D eigenvalue weighted by atomic mass is 9.91. The number of carbonyl (C=O) groups is 2. The summed E-state index contributed by atoms with van der Waals surface area (Å²) in [5.74, 6) is -1.41. The molecule has 0 saturated carbocycles. The van der Waals surface area contributed by atoms with E-state index < -0.39 is 24.2 Å². The maximum atomic E-state index is 14.8. The number of benzene rings is 1. The van der Waals surface area contributed by atoms with Crippen molar-refractivity contribution in [3.8, 4) is 0 Å². The molecule has 3 saturated heterocycles. The predicted molar refractivity (Wildman–Crippen MR) is 104 cm³/mol. The molecule has 1 aromatic carbocycles. The van der Waals surface area contributed by atoms with Gasteiger partial charge in [-0.15, -0.1) is 0 Å². The number of rotatable bonds is 5. The molecule has 4 atom stereocenters. The van der Waals surface area contributed by atoms with Crippen LogP contribution in [0.2, 0.25) is 5.02 Å². The molecule has 0 aliphatic carbocycles. The largest absolute Gasteiger partial charge is 0.380 e. The summed E-state index contributed by atoms with van der Waals surface area (Å²) in [5, 5.41) is 2.99. The number of hydrogen-bond donors (Lipinski definition) is 1. The van der Waals surface area contributed by atoms with Crippen molar-refractivity contribution < 1.29 is 27.8 Å². The summed E-state index contributed by atoms with van der Waals surface area (Å²) in [6.45, 7) is 0.896. The summed E-state index contributed by atoms with van der Waals surface area (Å²) in [4.78, 5) is 29.1. The smallest absolute Gasteiger partial charge is 0.247 e. The highest BCUT2D eigenvalue weighted by molar-refractivity contribution is 6.30. The number of hydrogen-bond acceptors (Lipinski definition) is 5. The number of piperidine rings is 1. The quantitative estimate of drug-likeness (QED) is 0.743. The van der Waals surface area contributed by atoms with Gasteiger partial charge in [0.1, 0.15) is 30.7 Å². The lowest BCUT2D eigenvalue weighted by molar-refractivity contribution is -0.174. The van der Waals surface area contributed by atoms with Gasteiger partial charge in [0, 0.05) is 32.5 Å². The van der Waals surface area contributed by atoms with Gasteiger partial charge in [-0.1, -0.05) is 17.7 Å². The minimum Gasteiger partial charge on any atom is -0.380 e. The molecule has 1 N–H and O–H groups in total. The van der Waals surface area contributed by atoms with Crippen LogP contribution in [0.4, 0.5) is 8.78 Å². The second kappa shape index (κ2) is 8.74. The van der Waals surface area contributed by atoms with Crippen LogP contribution in [0.3, 0.4) is 0 Å². The van der Waals surface area contributed by atoms with Crippen LogP contribution in [0.5, 0.6) is 0 Å². The Hall–Kier alpha value is -1.81. The SMILES string of the molecule is COC1CNC(N2CC(=O)N(Cc3ccc(Cl)c(F)c3)C(C3COC3)C2=O)C(F)C1. The van der Waals surface area contributed by atoms with Crippen LogP contribution in [0.15, 0.2) is 18.2 Å². The summed E-state index contributed by atoms with van der Waals surface area (Å²) in [5.41, 5.74) is 0.527. The van der Waals surface area contributed by atoms with Crippen molar-refractivity contribution in [3.63, 3.8) is 0 Å². The molecule has 1 aromatic rings. The maximum absolute atomic E-state index is 14.8. The number of nitrogens with one attached hydrogen (secondary N) is 1. The van der Waals surface area contributed by atoms with Crippen LogP contribution < -0.4 is 5.32 Å². The lowest BCUT2D eigenvalue weighted by Gasteiger charge is -2.49. The fraction of sp³-hybridized carbons (Fsp3) is 0.600. The number of alkyl halides is 1. The van der Waals surface area contributed by atoms with Crippen LogP contribution in [0.1, 0.15) is 12.0 Å². The molecule has 30 heavy (non-hydrogen) atoms. The summed E-state index contributed by atoms with van der Waals surface area (Å²) in [6.07, 6.45) is -2.36. The Balaban J connectivity index is 1.56. The van der Waals surface area contributed by atoms with Crippen LogP contribution in [0.25, 0.3) is 0 Å². The van der Waals surface area contributed by atoms with Gasteiger partial charge >= 0.3 is 0 Å². The van der Waals surface area contributed by atoms with E-state index in [0.29, 0.717) is 25.3 Å². The minimum absolute atomic E-state index is 0.0124. The van der Waals surface area contributed by atoms with Crippen LogP contribution in [0, 0.1) is 11.7 Å². The third kappa shape index (κ3) is 4.03. The highest BCUT2D eigenvalue weighted by Crippen LogP contribution is 2.30. The summed E-state index contributed by atoms with van der Waals surface area (Å²) < 4.78 is 39.1. The standard InChI is InChI=1S/C20H24ClF2N3O4/c1-29-13-5-16(23)19(24-6-13)26-8-17(27)25(18(20(26)28)12-9-30-10-12)7-11-2-3-14(21)15(22)4-11/h2-4,12-13,16,18-19,24H,5-10H2,1H3. The Morgan fingerprint density at radius 2 is 2.10 bits per heavy atom. The normalized spacial score (nSPS) is 30.5. The summed E-state index contributed by atoms with van der Waals surface area (Å²) >= 11 is 5.74. The fourth-order valence-electron chi connectivity index (χ4n) is 4.25. The molecule has 4 rings (SSSR count). The van der Waals surface area contributed by atoms with E-state index in [0.717, 1.165) is 0 Å². The number of nitrogens with zero attached hydrogens (tertiary/aromatic N) is 2. The van der Waals surface area contributed by atoms with Gasteiger partial charge in [0.25, 0.3) is 0 Å². The molecule has 164 valence electrons. The van der Waals surface area contributed by atoms with Gasteiger partial charge in [-0.05, 0) is 17.7 Å². The molecule has 4 unspecified atom stereocenters. The van der Waals surface area contributed by atoms with Gasteiger partial charge in [0.15, 0.2) is 0 Å². The van der Waals surface area contributed by atoms with Crippen LogP contribution in [-0.2, 0) is 25.6 Å². The zero-order valence-electron chi connectivity index (χ0n) is 16.5. The number of carbonyl (C=O) groups excluding carboxylic acids is 2. The molecule has 3 aliphatic heterocycles. The van der Waals surface area contributed by atoms with Gasteiger partial charge in [-0.3, -0.25) is 14.9 Å². The van der Waals surface area contributed by atoms with Crippen molar-refractivity contribution in [2.45, 2.75) is 37.4 Å². The molecule has 2 amide bonds. The number of halogens is 3. The summed E-state index contributed by atoms with van der Waals surface area (Å²) in [7, 11) is 1.51. The molecule has 0 aromatic heterocycles. The van der Waals surface area contributed by atoms with Gasteiger partial charge in [-0.25, -0.2) is 8.78 Å². The minimum atomic E-state index is -1.35. The fourth-order valence-corrected chi connectivity index (χ4v) is 4.37. The average Bonchev–Trinajstić information content (AvgIpc) is 2.68. The third-order valence-corrected chi connectivity index (χ3v) is 6.31. The van der Waals surface area contributed by atoms with Crippen LogP contribution >= 0.6 is 11.6 Å². The Morgan fingerprint density at radius 1 is 1.33 bits per heavy atom. The Bertz CT molecular complexity index is 825. The van der Waals surface area contributed by atoms with E-state index in [1.807, 2.05) is 0 Å². The monoisotopic (exact) mass is 443 g/mol. The van der Waals surface area contributed by atoms with Crippen molar-refractivity contribution in [2.24, 2.45) is 5.92 Å². The first-order valence-electron chi connectivity index (χ1n) is 9.91. The molecule has 0 spiro atoms. The van der Waals surface area contributed by atoms with Crippen molar-refractivity contribution >= 4 is 23.4 Å². The molecular formula is C20H24ClF2N3O4. The first kappa shape index (κ1) is 21.4. The predicted octanol–water partition coefficient (Wildman–Crippen LogP) is 1.34. The van der Waals surface area contributed by atoms with E-state index in [2.05, 4.69) is 5.32 Å². The zero-order chi connectivity index (χ0) is 21.4.